The Labute approximate surface area is 151 Å². The van der Waals surface area contributed by atoms with E-state index in [1.165, 1.54) is 5.56 Å². The predicted octanol–water partition coefficient (Wildman–Crippen LogP) is 5.12. The lowest BCUT2D eigenvalue weighted by Crippen LogP contribution is -2.43. The summed E-state index contributed by atoms with van der Waals surface area (Å²) in [6, 6.07) is 14.2. The number of halogens is 1. The van der Waals surface area contributed by atoms with E-state index in [1.54, 1.807) is 6.92 Å². The molecule has 3 aromatic rings. The van der Waals surface area contributed by atoms with Gasteiger partial charge in [0.1, 0.15) is 0 Å². The fourth-order valence-electron chi connectivity index (χ4n) is 3.88. The zero-order chi connectivity index (χ0) is 17.6. The van der Waals surface area contributed by atoms with Crippen LogP contribution < -0.4 is 10.2 Å². The highest BCUT2D eigenvalue weighted by Crippen LogP contribution is 2.42. The number of fused-ring (bicyclic) bond motifs is 3. The molecule has 2 atom stereocenters. The predicted molar refractivity (Wildman–Crippen MR) is 103 cm³/mol. The number of aromatic nitrogens is 1. The average Bonchev–Trinajstić information content (AvgIpc) is 3.04. The first-order chi connectivity index (χ1) is 12.0. The van der Waals surface area contributed by atoms with Crippen molar-refractivity contribution >= 4 is 39.8 Å². The highest BCUT2D eigenvalue weighted by molar-refractivity contribution is 6.30. The summed E-state index contributed by atoms with van der Waals surface area (Å²) in [7, 11) is 0. The third kappa shape index (κ3) is 2.76. The van der Waals surface area contributed by atoms with Crippen LogP contribution >= 0.6 is 11.6 Å². The molecule has 4 rings (SSSR count). The smallest absolute Gasteiger partial charge is 0.224 e. The third-order valence-electron chi connectivity index (χ3n) is 4.90. The Hall–Kier alpha value is -2.46. The molecular weight excluding hydrogens is 334 g/mol. The van der Waals surface area contributed by atoms with E-state index in [4.69, 9.17) is 11.6 Å². The van der Waals surface area contributed by atoms with Gasteiger partial charge in [-0.1, -0.05) is 11.6 Å². The summed E-state index contributed by atoms with van der Waals surface area (Å²) < 4.78 is 0. The number of rotatable bonds is 2. The van der Waals surface area contributed by atoms with E-state index in [0.717, 1.165) is 33.7 Å². The van der Waals surface area contributed by atoms with E-state index in [2.05, 4.69) is 23.3 Å². The zero-order valence-corrected chi connectivity index (χ0v) is 15.0. The molecule has 0 aliphatic carbocycles. The maximum atomic E-state index is 12.2. The molecule has 1 amide bonds. The summed E-state index contributed by atoms with van der Waals surface area (Å²) in [4.78, 5) is 17.4. The lowest BCUT2D eigenvalue weighted by Gasteiger charge is -2.40. The van der Waals surface area contributed by atoms with Gasteiger partial charge in [-0.05, 0) is 55.8 Å². The number of aromatic amines is 1. The van der Waals surface area contributed by atoms with E-state index in [9.17, 15) is 4.79 Å². The highest BCUT2D eigenvalue weighted by Gasteiger charge is 2.33. The van der Waals surface area contributed by atoms with E-state index >= 15 is 0 Å². The van der Waals surface area contributed by atoms with Crippen LogP contribution in [0.3, 0.4) is 0 Å². The number of nitrogens with one attached hydrogen (secondary N) is 2. The number of hydrogen-bond acceptors (Lipinski definition) is 2. The number of nitrogens with zero attached hydrogens (tertiary/aromatic N) is 1. The van der Waals surface area contributed by atoms with E-state index in [0.29, 0.717) is 0 Å². The Morgan fingerprint density at radius 2 is 1.96 bits per heavy atom. The monoisotopic (exact) mass is 353 g/mol. The molecule has 1 aromatic heterocycles. The van der Waals surface area contributed by atoms with Crippen LogP contribution in [0, 0.1) is 0 Å². The number of benzene rings is 2. The van der Waals surface area contributed by atoms with Crippen molar-refractivity contribution in [1.82, 2.24) is 4.98 Å². The molecule has 0 spiro atoms. The van der Waals surface area contributed by atoms with Crippen LogP contribution in [0.25, 0.3) is 10.9 Å². The number of carbonyl (C=O) groups excluding carboxylic acids is 1. The van der Waals surface area contributed by atoms with Crippen molar-refractivity contribution in [2.24, 2.45) is 0 Å². The first-order valence-electron chi connectivity index (χ1n) is 8.46. The molecule has 0 fully saturated rings. The molecule has 128 valence electrons. The van der Waals surface area contributed by atoms with Crippen LogP contribution in [-0.2, 0) is 4.79 Å². The molecule has 0 saturated heterocycles. The highest BCUT2D eigenvalue weighted by atomic mass is 35.5. The summed E-state index contributed by atoms with van der Waals surface area (Å²) in [6.45, 7) is 3.73. The SMILES string of the molecule is CC(=O)N1c2ccc3[nH]ccc3c2[C@@H](Nc2ccc(Cl)cc2)C[C@H]1C. The molecule has 1 aliphatic rings. The van der Waals surface area contributed by atoms with Gasteiger partial charge in [0.2, 0.25) is 5.91 Å². The standard InChI is InChI=1S/C20H20ClN3O/c1-12-11-18(23-15-5-3-14(21)4-6-15)20-16-9-10-22-17(16)7-8-19(20)24(12)13(2)25/h3-10,12,18,22-23H,11H2,1-2H3/t12-,18+/m1/s1. The Bertz CT molecular complexity index is 932. The van der Waals surface area contributed by atoms with Crippen molar-refractivity contribution in [3.8, 4) is 0 Å². The van der Waals surface area contributed by atoms with Crippen molar-refractivity contribution in [1.29, 1.82) is 0 Å². The van der Waals surface area contributed by atoms with Gasteiger partial charge >= 0.3 is 0 Å². The summed E-state index contributed by atoms with van der Waals surface area (Å²) in [5, 5.41) is 5.50. The molecule has 2 N–H and O–H groups in total. The molecule has 2 aromatic carbocycles. The van der Waals surface area contributed by atoms with Gasteiger partial charge in [0.05, 0.1) is 6.04 Å². The fraction of sp³-hybridized carbons (Fsp3) is 0.250. The van der Waals surface area contributed by atoms with Crippen molar-refractivity contribution in [2.75, 3.05) is 10.2 Å². The zero-order valence-electron chi connectivity index (χ0n) is 14.2. The molecule has 4 nitrogen and oxygen atoms in total. The second-order valence-corrected chi connectivity index (χ2v) is 7.05. The lowest BCUT2D eigenvalue weighted by molar-refractivity contribution is -0.117. The molecule has 25 heavy (non-hydrogen) atoms. The van der Waals surface area contributed by atoms with Gasteiger partial charge in [-0.2, -0.15) is 0 Å². The third-order valence-corrected chi connectivity index (χ3v) is 5.15. The number of H-pyrrole nitrogens is 1. The molecule has 0 saturated carbocycles. The van der Waals surface area contributed by atoms with E-state index in [1.807, 2.05) is 47.5 Å². The average molecular weight is 354 g/mol. The van der Waals surface area contributed by atoms with Crippen molar-refractivity contribution in [3.63, 3.8) is 0 Å². The first kappa shape index (κ1) is 16.0. The van der Waals surface area contributed by atoms with Gasteiger partial charge in [0, 0.05) is 52.0 Å². The lowest BCUT2D eigenvalue weighted by atomic mass is 9.89. The van der Waals surface area contributed by atoms with Crippen LogP contribution in [0.2, 0.25) is 5.02 Å². The molecular formula is C20H20ClN3O. The molecule has 5 heteroatoms. The number of carbonyl (C=O) groups is 1. The summed E-state index contributed by atoms with van der Waals surface area (Å²) >= 11 is 6.00. The van der Waals surface area contributed by atoms with Gasteiger partial charge in [-0.25, -0.2) is 0 Å². The van der Waals surface area contributed by atoms with E-state index in [-0.39, 0.29) is 18.0 Å². The second-order valence-electron chi connectivity index (χ2n) is 6.61. The second kappa shape index (κ2) is 6.12. The van der Waals surface area contributed by atoms with Crippen LogP contribution in [-0.4, -0.2) is 16.9 Å². The normalized spacial score (nSPS) is 19.7. The van der Waals surface area contributed by atoms with Gasteiger partial charge < -0.3 is 15.2 Å². The quantitative estimate of drug-likeness (QED) is 0.671. The van der Waals surface area contributed by atoms with Gasteiger partial charge in [0.25, 0.3) is 0 Å². The summed E-state index contributed by atoms with van der Waals surface area (Å²) in [5.74, 6) is 0.0774. The summed E-state index contributed by atoms with van der Waals surface area (Å²) in [6.07, 6.45) is 2.79. The van der Waals surface area contributed by atoms with Gasteiger partial charge in [-0.15, -0.1) is 0 Å². The Balaban J connectivity index is 1.83. The topological polar surface area (TPSA) is 48.1 Å². The molecule has 2 heterocycles. The molecule has 0 radical (unpaired) electrons. The summed E-state index contributed by atoms with van der Waals surface area (Å²) in [5.41, 5.74) is 4.27. The van der Waals surface area contributed by atoms with Crippen molar-refractivity contribution in [3.05, 3.63) is 59.2 Å². The minimum atomic E-state index is 0.0774. The maximum Gasteiger partial charge on any atom is 0.224 e. The molecule has 0 unspecified atom stereocenters. The first-order valence-corrected chi connectivity index (χ1v) is 8.84. The van der Waals surface area contributed by atoms with Gasteiger partial charge in [0.15, 0.2) is 0 Å². The minimum Gasteiger partial charge on any atom is -0.378 e. The van der Waals surface area contributed by atoms with Crippen LogP contribution in [0.1, 0.15) is 31.9 Å². The van der Waals surface area contributed by atoms with Crippen molar-refractivity contribution < 1.29 is 4.79 Å². The largest absolute Gasteiger partial charge is 0.378 e. The fourth-order valence-corrected chi connectivity index (χ4v) is 4.01. The Kier molecular flexibility index (Phi) is 3.92. The maximum absolute atomic E-state index is 12.2. The molecule has 0 bridgehead atoms. The Morgan fingerprint density at radius 3 is 2.68 bits per heavy atom. The van der Waals surface area contributed by atoms with Crippen LogP contribution in [0.4, 0.5) is 11.4 Å². The van der Waals surface area contributed by atoms with Crippen LogP contribution in [0.5, 0.6) is 0 Å². The number of amides is 1. The number of hydrogen-bond donors (Lipinski definition) is 2. The number of anilines is 2. The molecule has 1 aliphatic heterocycles. The van der Waals surface area contributed by atoms with Crippen molar-refractivity contribution in [2.45, 2.75) is 32.4 Å². The van der Waals surface area contributed by atoms with Crippen LogP contribution in [0.15, 0.2) is 48.7 Å². The Morgan fingerprint density at radius 1 is 1.20 bits per heavy atom. The van der Waals surface area contributed by atoms with Gasteiger partial charge in [-0.3, -0.25) is 4.79 Å². The van der Waals surface area contributed by atoms with E-state index < -0.39 is 0 Å². The minimum absolute atomic E-state index is 0.0774.